The predicted octanol–water partition coefficient (Wildman–Crippen LogP) is 6.76. The number of esters is 1. The molecule has 1 aromatic carbocycles. The third kappa shape index (κ3) is 11.5. The van der Waals surface area contributed by atoms with Gasteiger partial charge in [0.25, 0.3) is 12.3 Å². The number of likely N-dealkylation sites (tertiary alicyclic amines) is 1. The van der Waals surface area contributed by atoms with E-state index in [0.29, 0.717) is 61.3 Å². The maximum Gasteiger partial charge on any atom is 0.406 e. The number of cyclic esters (lactones) is 1. The number of carbonyl (C=O) groups excluding carboxylic acids is 4. The van der Waals surface area contributed by atoms with Crippen LogP contribution in [0.2, 0.25) is 0 Å². The number of fused-ring (bicyclic) bond motifs is 7. The molecule has 16 nitrogen and oxygen atoms in total. The number of pyridine rings is 2. The van der Waals surface area contributed by atoms with E-state index in [-0.39, 0.29) is 72.7 Å². The zero-order chi connectivity index (χ0) is 51.8. The van der Waals surface area contributed by atoms with Crippen molar-refractivity contribution in [3.05, 3.63) is 71.2 Å². The van der Waals surface area contributed by atoms with E-state index in [0.717, 1.165) is 6.07 Å². The Morgan fingerprint density at radius 2 is 1.85 bits per heavy atom. The smallest absolute Gasteiger partial charge is 0.406 e. The molecule has 4 aliphatic rings. The molecule has 0 unspecified atom stereocenters. The number of urea groups is 1. The number of amides is 4. The number of morpholine rings is 1. The minimum absolute atomic E-state index is 0.0135. The molecular formula is C51H64F5N9O7. The van der Waals surface area contributed by atoms with Gasteiger partial charge in [0.05, 0.1) is 61.5 Å². The summed E-state index contributed by atoms with van der Waals surface area (Å²) in [6.45, 7) is 9.48. The van der Waals surface area contributed by atoms with Crippen molar-refractivity contribution in [3.8, 4) is 22.5 Å². The fourth-order valence-corrected chi connectivity index (χ4v) is 10.6. The first-order chi connectivity index (χ1) is 34.1. The summed E-state index contributed by atoms with van der Waals surface area (Å²) in [5.74, 6) is -2.31. The van der Waals surface area contributed by atoms with Gasteiger partial charge in [-0.3, -0.25) is 29.4 Å². The van der Waals surface area contributed by atoms with Crippen LogP contribution >= 0.6 is 0 Å². The largest absolute Gasteiger partial charge is 0.465 e. The summed E-state index contributed by atoms with van der Waals surface area (Å²) in [6.07, 6.45) is -6.46. The van der Waals surface area contributed by atoms with E-state index in [1.54, 1.807) is 43.9 Å². The summed E-state index contributed by atoms with van der Waals surface area (Å²) in [6, 6.07) is 6.77. The van der Waals surface area contributed by atoms with E-state index in [1.807, 2.05) is 13.8 Å². The molecule has 3 N–H and O–H groups in total. The lowest BCUT2D eigenvalue weighted by Crippen LogP contribution is -2.61. The average molecular weight is 1010 g/mol. The van der Waals surface area contributed by atoms with Crippen LogP contribution in [0.1, 0.15) is 88.9 Å². The van der Waals surface area contributed by atoms with Gasteiger partial charge in [-0.2, -0.15) is 13.2 Å². The van der Waals surface area contributed by atoms with Gasteiger partial charge in [-0.25, -0.2) is 19.0 Å². The van der Waals surface area contributed by atoms with Crippen LogP contribution in [-0.4, -0.2) is 143 Å². The second-order valence-corrected chi connectivity index (χ2v) is 20.5. The number of nitrogens with one attached hydrogen (secondary N) is 3. The molecule has 6 atom stereocenters. The third-order valence-electron chi connectivity index (χ3n) is 14.0. The van der Waals surface area contributed by atoms with E-state index >= 15 is 8.78 Å². The minimum Gasteiger partial charge on any atom is -0.465 e. The molecule has 0 radical (unpaired) electrons. The first-order valence-corrected chi connectivity index (χ1v) is 24.5. The van der Waals surface area contributed by atoms with E-state index in [1.165, 1.54) is 53.0 Å². The number of nitrogens with zero attached hydrogens (tertiary/aromatic N) is 6. The molecule has 4 amide bonds. The highest BCUT2D eigenvalue weighted by molar-refractivity contribution is 5.95. The van der Waals surface area contributed by atoms with Crippen molar-refractivity contribution in [3.63, 3.8) is 0 Å². The highest BCUT2D eigenvalue weighted by Crippen LogP contribution is 2.43. The van der Waals surface area contributed by atoms with Gasteiger partial charge in [0, 0.05) is 91.2 Å². The molecule has 3 fully saturated rings. The average Bonchev–Trinajstić information content (AvgIpc) is 3.89. The zero-order valence-electron chi connectivity index (χ0n) is 41.7. The zero-order valence-corrected chi connectivity index (χ0v) is 41.7. The molecule has 3 aromatic heterocycles. The summed E-state index contributed by atoms with van der Waals surface area (Å²) >= 11 is 0. The number of alkyl halides is 5. The number of hydrazine groups is 1. The lowest BCUT2D eigenvalue weighted by atomic mass is 9.84. The summed E-state index contributed by atoms with van der Waals surface area (Å²) in [4.78, 5) is 69.4. The van der Waals surface area contributed by atoms with E-state index in [4.69, 9.17) is 19.2 Å². The summed E-state index contributed by atoms with van der Waals surface area (Å²) < 4.78 is 92.9. The maximum absolute atomic E-state index is 15.0. The van der Waals surface area contributed by atoms with Gasteiger partial charge < -0.3 is 39.2 Å². The van der Waals surface area contributed by atoms with Gasteiger partial charge in [-0.1, -0.05) is 33.8 Å². The molecule has 21 heteroatoms. The second kappa shape index (κ2) is 21.4. The number of methoxy groups -OCH3 is 1. The molecule has 0 aliphatic carbocycles. The number of aromatic nitrogens is 3. The fourth-order valence-electron chi connectivity index (χ4n) is 10.6. The van der Waals surface area contributed by atoms with Gasteiger partial charge >= 0.3 is 18.2 Å². The number of ether oxygens (including phenoxy) is 3. The standard InChI is InChI=1S/C51H64F5N9O7/c1-28(2)44(62(6)49(69)63-24-39-41(25-63)71-17-15-57-39)47(67)60-38-21-33-18-31(46(52)53)20-37(59-33)30-12-13-40-35(19-30)36(23-50(4,5)27-72-42(66)22-32-10-9-16-65(61-32)48(38)68)45(64(40)26-51(54,55)56)34-11-8-14-58-43(34)29(3)70-7/h8,11-14,18-20,28-29,32,38-39,41,44,46,57,61H,9-10,15-17,21-27H2,1-7H3,(H,60,67)/t29-,32-,38-,39+,41-,44-/m0/s1. The Bertz CT molecular complexity index is 2650. The lowest BCUT2D eigenvalue weighted by molar-refractivity contribution is -0.150. The molecule has 4 aliphatic heterocycles. The summed E-state index contributed by atoms with van der Waals surface area (Å²) in [5.41, 5.74) is 3.82. The first kappa shape index (κ1) is 52.5. The van der Waals surface area contributed by atoms with Crippen LogP contribution in [0.25, 0.3) is 33.4 Å². The summed E-state index contributed by atoms with van der Waals surface area (Å²) in [7, 11) is 2.99. The number of halogens is 5. The Morgan fingerprint density at radius 1 is 1.07 bits per heavy atom. The molecule has 6 bridgehead atoms. The normalized spacial score (nSPS) is 22.8. The molecule has 8 rings (SSSR count). The van der Waals surface area contributed by atoms with Gasteiger partial charge in [0.1, 0.15) is 18.6 Å². The molecule has 390 valence electrons. The quantitative estimate of drug-likeness (QED) is 0.120. The first-order valence-electron chi connectivity index (χ1n) is 24.5. The van der Waals surface area contributed by atoms with Crippen LogP contribution in [0, 0.1) is 11.3 Å². The minimum atomic E-state index is -4.68. The van der Waals surface area contributed by atoms with Gasteiger partial charge in [0.2, 0.25) is 5.91 Å². The highest BCUT2D eigenvalue weighted by atomic mass is 19.4. The number of carbonyl (C=O) groups is 4. The number of hydrogen-bond acceptors (Lipinski definition) is 11. The van der Waals surface area contributed by atoms with Gasteiger partial charge in [-0.05, 0) is 74.1 Å². The topological polar surface area (TPSA) is 172 Å². The van der Waals surface area contributed by atoms with E-state index < -0.39 is 84.1 Å². The Labute approximate surface area is 415 Å². The third-order valence-corrected chi connectivity index (χ3v) is 14.0. The van der Waals surface area contributed by atoms with Gasteiger partial charge in [0.15, 0.2) is 0 Å². The van der Waals surface area contributed by atoms with Crippen LogP contribution in [-0.2, 0) is 48.0 Å². The Morgan fingerprint density at radius 3 is 2.56 bits per heavy atom. The Hall–Kier alpha value is -5.77. The molecule has 0 saturated carbocycles. The molecular weight excluding hydrogens is 946 g/mol. The van der Waals surface area contributed by atoms with Crippen molar-refractivity contribution in [2.24, 2.45) is 11.3 Å². The monoisotopic (exact) mass is 1010 g/mol. The van der Waals surface area contributed by atoms with Crippen LogP contribution in [0.4, 0.5) is 26.7 Å². The summed E-state index contributed by atoms with van der Waals surface area (Å²) in [5, 5.41) is 7.93. The van der Waals surface area contributed by atoms with Crippen molar-refractivity contribution in [1.29, 1.82) is 0 Å². The van der Waals surface area contributed by atoms with Gasteiger partial charge in [-0.15, -0.1) is 0 Å². The number of hydrogen-bond donors (Lipinski definition) is 3. The predicted molar refractivity (Wildman–Crippen MR) is 256 cm³/mol. The van der Waals surface area contributed by atoms with Crippen molar-refractivity contribution < 1.29 is 55.3 Å². The van der Waals surface area contributed by atoms with Crippen LogP contribution in [0.5, 0.6) is 0 Å². The fraction of sp³-hybridized carbons (Fsp3) is 0.569. The number of rotatable bonds is 9. The second-order valence-electron chi connectivity index (χ2n) is 20.5. The lowest BCUT2D eigenvalue weighted by Gasteiger charge is -2.37. The molecule has 7 heterocycles. The highest BCUT2D eigenvalue weighted by Gasteiger charge is 2.43. The SMILES string of the molecule is CO[C@@H](C)c1ncccc1-c1c2c3cc(ccc3n1CC(F)(F)F)-c1cc(C(F)F)cc(n1)C[C@H](NC(=O)[C@H](C(C)C)N(C)C(=O)N1C[C@@H]3OCCN[C@@H]3C1)C(=O)N1CCC[C@@H](CC(=O)OCC(C)(C)C2)N1. The maximum atomic E-state index is 15.0. The molecule has 3 saturated heterocycles. The van der Waals surface area contributed by atoms with Crippen LogP contribution in [0.3, 0.4) is 0 Å². The molecule has 72 heavy (non-hydrogen) atoms. The van der Waals surface area contributed by atoms with Crippen LogP contribution in [0.15, 0.2) is 48.7 Å². The van der Waals surface area contributed by atoms with E-state index in [2.05, 4.69) is 21.0 Å². The van der Waals surface area contributed by atoms with E-state index in [9.17, 15) is 32.3 Å². The Kier molecular flexibility index (Phi) is 15.6. The number of likely N-dealkylation sites (N-methyl/N-ethyl adjacent to an activating group) is 1. The van der Waals surface area contributed by atoms with Crippen molar-refractivity contribution in [1.82, 2.24) is 45.4 Å². The van der Waals surface area contributed by atoms with Crippen molar-refractivity contribution in [2.75, 3.05) is 53.6 Å². The molecule has 0 spiro atoms. The van der Waals surface area contributed by atoms with Crippen molar-refractivity contribution in [2.45, 2.75) is 122 Å². The number of benzene rings is 1. The molecule has 4 aromatic rings. The van der Waals surface area contributed by atoms with Crippen molar-refractivity contribution >= 4 is 34.7 Å². The Balaban J connectivity index is 1.25. The van der Waals surface area contributed by atoms with Crippen LogP contribution < -0.4 is 16.1 Å².